The zero-order valence-electron chi connectivity index (χ0n) is 40.1. The molecule has 0 aromatic carbocycles. The molecule has 0 amide bonds. The number of fused-ring (bicyclic) bond motifs is 2. The Morgan fingerprint density at radius 1 is 0.500 bits per heavy atom. The molecule has 6 unspecified atom stereocenters. The molecule has 0 saturated carbocycles. The van der Waals surface area contributed by atoms with E-state index in [9.17, 15) is 0 Å². The summed E-state index contributed by atoms with van der Waals surface area (Å²) < 4.78 is 32.6. The number of rotatable bonds is 6. The van der Waals surface area contributed by atoms with Crippen LogP contribution in [0.2, 0.25) is 0 Å². The van der Waals surface area contributed by atoms with Crippen LogP contribution in [0.4, 0.5) is 0 Å². The van der Waals surface area contributed by atoms with Crippen molar-refractivity contribution in [2.45, 2.75) is 205 Å². The third kappa shape index (κ3) is 19.9. The van der Waals surface area contributed by atoms with Crippen LogP contribution < -0.4 is 0 Å². The summed E-state index contributed by atoms with van der Waals surface area (Å²) in [5.41, 5.74) is 0.632. The van der Waals surface area contributed by atoms with Crippen molar-refractivity contribution < 1.29 is 28.4 Å². The van der Waals surface area contributed by atoms with Gasteiger partial charge in [-0.25, -0.2) is 0 Å². The molecule has 6 atom stereocenters. The molecule has 0 radical (unpaired) electrons. The number of hydrogen-bond acceptors (Lipinski definition) is 6. The van der Waals surface area contributed by atoms with E-state index in [1.165, 1.54) is 77.0 Å². The molecule has 7 aliphatic rings. The molecule has 7 saturated heterocycles. The monoisotopic (exact) mass is 795 g/mol. The summed E-state index contributed by atoms with van der Waals surface area (Å²) in [5, 5.41) is 0. The molecule has 0 aliphatic carbocycles. The Morgan fingerprint density at radius 2 is 1.12 bits per heavy atom. The zero-order valence-corrected chi connectivity index (χ0v) is 40.1. The number of ether oxygens (including phenoxy) is 6. The molecule has 0 N–H and O–H groups in total. The van der Waals surface area contributed by atoms with Crippen LogP contribution in [0.3, 0.4) is 0 Å². The minimum atomic E-state index is 0.132. The summed E-state index contributed by atoms with van der Waals surface area (Å²) >= 11 is 0. The van der Waals surface area contributed by atoms with Crippen molar-refractivity contribution >= 4 is 0 Å². The molecule has 6 heteroatoms. The maximum absolute atomic E-state index is 5.75. The lowest BCUT2D eigenvalue weighted by Crippen LogP contribution is -2.43. The first kappa shape index (κ1) is 51.9. The van der Waals surface area contributed by atoms with Crippen LogP contribution in [0.25, 0.3) is 0 Å². The summed E-state index contributed by atoms with van der Waals surface area (Å²) in [6.07, 6.45) is 17.4. The second kappa shape index (κ2) is 26.9. The van der Waals surface area contributed by atoms with Gasteiger partial charge in [0, 0.05) is 45.1 Å². The average Bonchev–Trinajstić information content (AvgIpc) is 3.81. The molecule has 2 bridgehead atoms. The molecule has 7 rings (SSSR count). The fraction of sp³-hybridized carbons (Fsp3) is 1.00. The van der Waals surface area contributed by atoms with Crippen molar-refractivity contribution in [1.82, 2.24) is 0 Å². The third-order valence-electron chi connectivity index (χ3n) is 14.3. The Balaban J connectivity index is 0.000000233. The SMILES string of the molecule is CC(C)C1(C)COC1.CC(C)C1CC2CCC1O2.CC(C)C1CCCCO1.CC(C)C1CCCOC1.CC(C)C1CCOC(C)(C)C1.CC(C)C1CCOCC1. The summed E-state index contributed by atoms with van der Waals surface area (Å²) in [6, 6.07) is 0. The van der Waals surface area contributed by atoms with E-state index in [2.05, 4.69) is 104 Å². The average molecular weight is 795 g/mol. The standard InChI is InChI=1S/C10H20O.C9H16O.3C8H16O.C7H14O/c1-8(2)9-5-6-11-10(3,4)7-9;1-6(2)8-5-7-3-4-9(8)10-7;1-7(2)8-3-5-9-6-4-8;1-7(2)8-4-3-5-9-6-8;1-7(2)8-5-3-4-6-9-8;1-6(2)7(3)4-8-5-7/h8-9H,5-7H2,1-4H3;6-9H,3-5H2,1-2H3;3*7-8H,3-6H2,1-2H3;6H,4-5H2,1-3H3. The van der Waals surface area contributed by atoms with Gasteiger partial charge in [0.25, 0.3) is 0 Å². The molecule has 7 fully saturated rings. The molecular weight excluding hydrogens is 697 g/mol. The van der Waals surface area contributed by atoms with Crippen LogP contribution in [0.5, 0.6) is 0 Å². The van der Waals surface area contributed by atoms with Crippen LogP contribution in [-0.2, 0) is 28.4 Å². The molecule has 0 aromatic rings. The Hall–Kier alpha value is -0.240. The minimum Gasteiger partial charge on any atom is -0.381 e. The Morgan fingerprint density at radius 3 is 1.41 bits per heavy atom. The van der Waals surface area contributed by atoms with Gasteiger partial charge in [-0.15, -0.1) is 0 Å². The highest BCUT2D eigenvalue weighted by Crippen LogP contribution is 2.42. The number of hydrogen-bond donors (Lipinski definition) is 0. The van der Waals surface area contributed by atoms with Crippen molar-refractivity contribution in [1.29, 1.82) is 0 Å². The van der Waals surface area contributed by atoms with Crippen molar-refractivity contribution in [2.75, 3.05) is 52.9 Å². The molecule has 7 aliphatic heterocycles. The van der Waals surface area contributed by atoms with Gasteiger partial charge in [-0.3, -0.25) is 0 Å². The van der Waals surface area contributed by atoms with Crippen LogP contribution in [0.1, 0.15) is 181 Å². The van der Waals surface area contributed by atoms with Gasteiger partial charge in [0.15, 0.2) is 0 Å². The first-order valence-electron chi connectivity index (χ1n) is 24.0. The van der Waals surface area contributed by atoms with Gasteiger partial charge in [-0.1, -0.05) is 90.0 Å². The van der Waals surface area contributed by atoms with Crippen molar-refractivity contribution in [2.24, 2.45) is 64.6 Å². The third-order valence-corrected chi connectivity index (χ3v) is 14.3. The van der Waals surface area contributed by atoms with Crippen LogP contribution in [-0.4, -0.2) is 76.8 Å². The maximum atomic E-state index is 5.75. The van der Waals surface area contributed by atoms with Gasteiger partial charge in [0.05, 0.1) is 37.1 Å². The first-order chi connectivity index (χ1) is 26.3. The Bertz CT molecular complexity index is 900. The quantitative estimate of drug-likeness (QED) is 0.267. The highest BCUT2D eigenvalue weighted by atomic mass is 16.5. The summed E-state index contributed by atoms with van der Waals surface area (Å²) in [7, 11) is 0. The summed E-state index contributed by atoms with van der Waals surface area (Å²) in [5.74, 6) is 8.31. The molecule has 334 valence electrons. The normalized spacial score (nSPS) is 30.8. The summed E-state index contributed by atoms with van der Waals surface area (Å²) in [6.45, 7) is 41.9. The summed E-state index contributed by atoms with van der Waals surface area (Å²) in [4.78, 5) is 0. The molecule has 0 aromatic heterocycles. The predicted molar refractivity (Wildman–Crippen MR) is 237 cm³/mol. The topological polar surface area (TPSA) is 55.4 Å². The van der Waals surface area contributed by atoms with Crippen molar-refractivity contribution in [3.63, 3.8) is 0 Å². The van der Waals surface area contributed by atoms with E-state index in [-0.39, 0.29) is 5.60 Å². The lowest BCUT2D eigenvalue weighted by atomic mass is 9.78. The van der Waals surface area contributed by atoms with Crippen LogP contribution >= 0.6 is 0 Å². The lowest BCUT2D eigenvalue weighted by molar-refractivity contribution is -0.126. The largest absolute Gasteiger partial charge is 0.381 e. The van der Waals surface area contributed by atoms with E-state index in [1.54, 1.807) is 0 Å². The van der Waals surface area contributed by atoms with E-state index < -0.39 is 0 Å². The zero-order chi connectivity index (χ0) is 41.9. The van der Waals surface area contributed by atoms with Crippen LogP contribution in [0.15, 0.2) is 0 Å². The van der Waals surface area contributed by atoms with Crippen molar-refractivity contribution in [3.05, 3.63) is 0 Å². The fourth-order valence-electron chi connectivity index (χ4n) is 8.95. The van der Waals surface area contributed by atoms with Gasteiger partial charge in [0.2, 0.25) is 0 Å². The van der Waals surface area contributed by atoms with E-state index in [0.29, 0.717) is 29.6 Å². The molecule has 6 nitrogen and oxygen atoms in total. The highest BCUT2D eigenvalue weighted by molar-refractivity contribution is 4.90. The van der Waals surface area contributed by atoms with E-state index in [4.69, 9.17) is 28.4 Å². The predicted octanol–water partition coefficient (Wildman–Crippen LogP) is 13.1. The Kier molecular flexibility index (Phi) is 24.9. The first-order valence-corrected chi connectivity index (χ1v) is 24.0. The van der Waals surface area contributed by atoms with Gasteiger partial charge in [-0.05, 0) is 150 Å². The van der Waals surface area contributed by atoms with Gasteiger partial charge in [-0.2, -0.15) is 0 Å². The Labute approximate surface area is 349 Å². The smallest absolute Gasteiger partial charge is 0.0629 e. The second-order valence-electron chi connectivity index (χ2n) is 21.5. The minimum absolute atomic E-state index is 0.132. The molecule has 0 spiro atoms. The van der Waals surface area contributed by atoms with Gasteiger partial charge in [0.1, 0.15) is 0 Å². The van der Waals surface area contributed by atoms with E-state index in [1.807, 2.05) is 0 Å². The highest BCUT2D eigenvalue weighted by Gasteiger charge is 2.41. The van der Waals surface area contributed by atoms with Crippen molar-refractivity contribution in [3.8, 4) is 0 Å². The van der Waals surface area contributed by atoms with E-state index >= 15 is 0 Å². The van der Waals surface area contributed by atoms with Gasteiger partial charge >= 0.3 is 0 Å². The fourth-order valence-corrected chi connectivity index (χ4v) is 8.95. The lowest BCUT2D eigenvalue weighted by Gasteiger charge is -2.41. The van der Waals surface area contributed by atoms with E-state index in [0.717, 1.165) is 106 Å². The van der Waals surface area contributed by atoms with Gasteiger partial charge < -0.3 is 28.4 Å². The maximum Gasteiger partial charge on any atom is 0.0629 e. The van der Waals surface area contributed by atoms with Crippen LogP contribution in [0, 0.1) is 64.6 Å². The molecular formula is C50H98O6. The molecule has 56 heavy (non-hydrogen) atoms. The molecule has 7 heterocycles. The second-order valence-corrected chi connectivity index (χ2v) is 21.5.